The van der Waals surface area contributed by atoms with Gasteiger partial charge in [-0.2, -0.15) is 15.3 Å². The van der Waals surface area contributed by atoms with Gasteiger partial charge in [-0.1, -0.05) is 30.3 Å². The molecule has 0 bridgehead atoms. The van der Waals surface area contributed by atoms with E-state index in [0.717, 1.165) is 58.5 Å². The fraction of sp³-hybridized carbons (Fsp3) is 0.324. The maximum atomic E-state index is 14.1. The second-order valence-corrected chi connectivity index (χ2v) is 12.0. The fourth-order valence-corrected chi connectivity index (χ4v) is 6.46. The van der Waals surface area contributed by atoms with E-state index in [-0.39, 0.29) is 17.7 Å². The second kappa shape index (κ2) is 11.3. The molecule has 2 aliphatic carbocycles. The lowest BCUT2D eigenvalue weighted by Crippen LogP contribution is -2.48. The second-order valence-electron chi connectivity index (χ2n) is 12.0. The van der Waals surface area contributed by atoms with Crippen LogP contribution in [0.4, 0.5) is 5.69 Å². The number of H-pyrrole nitrogens is 1. The molecule has 10 heteroatoms. The molecule has 2 aromatic carbocycles. The van der Waals surface area contributed by atoms with Crippen molar-refractivity contribution in [2.75, 3.05) is 5.32 Å². The van der Waals surface area contributed by atoms with Crippen molar-refractivity contribution in [2.24, 2.45) is 7.05 Å². The molecule has 0 radical (unpaired) electrons. The zero-order chi connectivity index (χ0) is 30.4. The number of nitrogens with zero attached hydrogens (tertiary/aromatic N) is 5. The van der Waals surface area contributed by atoms with Crippen LogP contribution >= 0.6 is 0 Å². The number of carbonyl (C=O) groups excluding carboxylic acids is 2. The van der Waals surface area contributed by atoms with Gasteiger partial charge >= 0.3 is 0 Å². The maximum Gasteiger partial charge on any atom is 0.270 e. The van der Waals surface area contributed by atoms with E-state index in [1.54, 1.807) is 19.3 Å². The van der Waals surface area contributed by atoms with Gasteiger partial charge in [0, 0.05) is 47.9 Å². The molecule has 44 heavy (non-hydrogen) atoms. The Balaban J connectivity index is 1.20. The highest BCUT2D eigenvalue weighted by molar-refractivity contribution is 6.01. The average molecular weight is 589 g/mol. The number of nitrogens with one attached hydrogen (secondary N) is 3. The van der Waals surface area contributed by atoms with E-state index in [9.17, 15) is 9.59 Å². The summed E-state index contributed by atoms with van der Waals surface area (Å²) in [5.41, 5.74) is 9.49. The Bertz CT molecular complexity index is 1820. The van der Waals surface area contributed by atoms with E-state index < -0.39 is 6.04 Å². The molecule has 1 unspecified atom stereocenters. The van der Waals surface area contributed by atoms with Crippen molar-refractivity contribution < 1.29 is 9.59 Å². The van der Waals surface area contributed by atoms with Crippen LogP contribution in [0.5, 0.6) is 0 Å². The van der Waals surface area contributed by atoms with Crippen LogP contribution in [-0.4, -0.2) is 47.6 Å². The van der Waals surface area contributed by atoms with Crippen molar-refractivity contribution >= 4 is 17.5 Å². The minimum atomic E-state index is -0.793. The standard InChI is InChI=1S/C34H36N8O2/c1-20-31(21(2)40-39-20)23-9-11-26(12-10-23)37-34(44)32(38-33(43)30-15-16-35-41(30)3)28-6-4-5-22-7-8-24(17-29(22)28)25-18-36-42(19-25)27-13-14-27/h7-12,15-19,27-28,32H,4-6,13-14H2,1-3H3,(H,37,44)(H,38,43)(H,39,40)/t28-,32?/m1/s1. The van der Waals surface area contributed by atoms with Gasteiger partial charge in [-0.15, -0.1) is 0 Å². The van der Waals surface area contributed by atoms with Crippen LogP contribution in [0.15, 0.2) is 67.1 Å². The fourth-order valence-electron chi connectivity index (χ4n) is 6.46. The molecule has 224 valence electrons. The highest BCUT2D eigenvalue weighted by atomic mass is 16.2. The summed E-state index contributed by atoms with van der Waals surface area (Å²) in [6.45, 7) is 3.96. The van der Waals surface area contributed by atoms with Crippen LogP contribution in [0, 0.1) is 13.8 Å². The Hall–Kier alpha value is -4.99. The van der Waals surface area contributed by atoms with Crippen LogP contribution in [0.25, 0.3) is 22.3 Å². The van der Waals surface area contributed by atoms with Gasteiger partial charge in [0.05, 0.1) is 17.9 Å². The third-order valence-electron chi connectivity index (χ3n) is 8.96. The quantitative estimate of drug-likeness (QED) is 0.222. The van der Waals surface area contributed by atoms with E-state index in [1.807, 2.05) is 44.3 Å². The number of hydrogen-bond acceptors (Lipinski definition) is 5. The van der Waals surface area contributed by atoms with Gasteiger partial charge in [-0.05, 0) is 86.4 Å². The first-order chi connectivity index (χ1) is 21.4. The van der Waals surface area contributed by atoms with Gasteiger partial charge in [-0.25, -0.2) is 0 Å². The van der Waals surface area contributed by atoms with E-state index in [1.165, 1.54) is 23.1 Å². The topological polar surface area (TPSA) is 123 Å². The summed E-state index contributed by atoms with van der Waals surface area (Å²) in [6.07, 6.45) is 10.6. The zero-order valence-electron chi connectivity index (χ0n) is 25.2. The van der Waals surface area contributed by atoms with Gasteiger partial charge in [0.25, 0.3) is 5.91 Å². The first-order valence-electron chi connectivity index (χ1n) is 15.2. The smallest absolute Gasteiger partial charge is 0.270 e. The molecule has 0 spiro atoms. The van der Waals surface area contributed by atoms with Gasteiger partial charge in [0.2, 0.25) is 5.91 Å². The Morgan fingerprint density at radius 2 is 1.77 bits per heavy atom. The van der Waals surface area contributed by atoms with Crippen molar-refractivity contribution in [3.8, 4) is 22.3 Å². The molecule has 1 fully saturated rings. The largest absolute Gasteiger partial charge is 0.338 e. The number of anilines is 1. The summed E-state index contributed by atoms with van der Waals surface area (Å²) in [4.78, 5) is 27.6. The highest BCUT2D eigenvalue weighted by Crippen LogP contribution is 2.39. The molecule has 3 heterocycles. The number of rotatable bonds is 8. The first-order valence-corrected chi connectivity index (χ1v) is 15.2. The lowest BCUT2D eigenvalue weighted by atomic mass is 9.77. The van der Waals surface area contributed by atoms with E-state index in [0.29, 0.717) is 17.4 Å². The van der Waals surface area contributed by atoms with Crippen LogP contribution in [-0.2, 0) is 18.3 Å². The number of aromatic amines is 1. The molecule has 10 nitrogen and oxygen atoms in total. The summed E-state index contributed by atoms with van der Waals surface area (Å²) in [7, 11) is 1.72. The molecule has 3 N–H and O–H groups in total. The third-order valence-corrected chi connectivity index (χ3v) is 8.96. The highest BCUT2D eigenvalue weighted by Gasteiger charge is 2.35. The summed E-state index contributed by atoms with van der Waals surface area (Å²) < 4.78 is 3.57. The molecule has 2 aliphatic rings. The van der Waals surface area contributed by atoms with E-state index in [2.05, 4.69) is 60.1 Å². The minimum absolute atomic E-state index is 0.204. The number of aromatic nitrogens is 6. The Labute approximate surface area is 255 Å². The number of benzene rings is 2. The van der Waals surface area contributed by atoms with Gasteiger partial charge in [0.15, 0.2) is 0 Å². The van der Waals surface area contributed by atoms with Gasteiger partial charge in [-0.3, -0.25) is 24.1 Å². The van der Waals surface area contributed by atoms with Crippen molar-refractivity contribution in [3.05, 3.63) is 95.3 Å². The van der Waals surface area contributed by atoms with Gasteiger partial charge in [0.1, 0.15) is 11.7 Å². The number of fused-ring (bicyclic) bond motifs is 1. The molecule has 7 rings (SSSR count). The lowest BCUT2D eigenvalue weighted by molar-refractivity contribution is -0.118. The molecule has 5 aromatic rings. The van der Waals surface area contributed by atoms with Crippen LogP contribution < -0.4 is 10.6 Å². The molecule has 0 aliphatic heterocycles. The Morgan fingerprint density at radius 3 is 2.48 bits per heavy atom. The van der Waals surface area contributed by atoms with E-state index >= 15 is 0 Å². The van der Waals surface area contributed by atoms with E-state index in [4.69, 9.17) is 0 Å². The molecule has 0 saturated heterocycles. The predicted octanol–water partition coefficient (Wildman–Crippen LogP) is 5.48. The monoisotopic (exact) mass is 588 g/mol. The number of amides is 2. The molecular weight excluding hydrogens is 552 g/mol. The van der Waals surface area contributed by atoms with Crippen molar-refractivity contribution in [3.63, 3.8) is 0 Å². The molecule has 3 aromatic heterocycles. The zero-order valence-corrected chi connectivity index (χ0v) is 25.2. The molecule has 1 saturated carbocycles. The van der Waals surface area contributed by atoms with Crippen molar-refractivity contribution in [2.45, 2.75) is 64.0 Å². The SMILES string of the molecule is Cc1n[nH]c(C)c1-c1ccc(NC(=O)C(NC(=O)c2ccnn2C)[C@@H]2CCCc3ccc(-c4cnn(C5CC5)c4)cc32)cc1. The summed E-state index contributed by atoms with van der Waals surface area (Å²) in [5.74, 6) is -0.793. The number of carbonyl (C=O) groups is 2. The third kappa shape index (κ3) is 5.32. The molecule has 2 atom stereocenters. The van der Waals surface area contributed by atoms with Crippen LogP contribution in [0.2, 0.25) is 0 Å². The average Bonchev–Trinajstić information content (AvgIpc) is 3.42. The first kappa shape index (κ1) is 27.8. The lowest BCUT2D eigenvalue weighted by Gasteiger charge is -2.32. The molecule has 2 amide bonds. The minimum Gasteiger partial charge on any atom is -0.338 e. The summed E-state index contributed by atoms with van der Waals surface area (Å²) in [6, 6.07) is 15.6. The summed E-state index contributed by atoms with van der Waals surface area (Å²) in [5, 5.41) is 22.2. The maximum absolute atomic E-state index is 14.1. The summed E-state index contributed by atoms with van der Waals surface area (Å²) >= 11 is 0. The predicted molar refractivity (Wildman–Crippen MR) is 168 cm³/mol. The van der Waals surface area contributed by atoms with Crippen LogP contribution in [0.3, 0.4) is 0 Å². The van der Waals surface area contributed by atoms with Crippen molar-refractivity contribution in [1.29, 1.82) is 0 Å². The van der Waals surface area contributed by atoms with Gasteiger partial charge < -0.3 is 10.6 Å². The number of aryl methyl sites for hydroxylation is 4. The Kier molecular flexibility index (Phi) is 7.12. The number of hydrogen-bond donors (Lipinski definition) is 3. The molecular formula is C34H36N8O2. The van der Waals surface area contributed by atoms with Crippen molar-refractivity contribution in [1.82, 2.24) is 35.1 Å². The Morgan fingerprint density at radius 1 is 0.977 bits per heavy atom. The van der Waals surface area contributed by atoms with Crippen LogP contribution in [0.1, 0.15) is 70.6 Å². The normalized spacial score (nSPS) is 16.8.